The molecule has 37 heavy (non-hydrogen) atoms. The van der Waals surface area contributed by atoms with Crippen LogP contribution in [0.5, 0.6) is 0 Å². The highest BCUT2D eigenvalue weighted by Crippen LogP contribution is 2.31. The van der Waals surface area contributed by atoms with Gasteiger partial charge in [-0.1, -0.05) is 99.6 Å². The van der Waals surface area contributed by atoms with Crippen LogP contribution in [0.2, 0.25) is 0 Å². The van der Waals surface area contributed by atoms with E-state index in [4.69, 9.17) is 4.74 Å². The Kier molecular flexibility index (Phi) is 9.54. The van der Waals surface area contributed by atoms with Gasteiger partial charge in [0.1, 0.15) is 5.78 Å². The number of rotatable bonds is 11. The first-order valence-electron chi connectivity index (χ1n) is 12.6. The molecule has 1 unspecified atom stereocenters. The number of ketones is 2. The van der Waals surface area contributed by atoms with Gasteiger partial charge in [-0.15, -0.1) is 0 Å². The van der Waals surface area contributed by atoms with Crippen LogP contribution in [0.4, 0.5) is 0 Å². The summed E-state index contributed by atoms with van der Waals surface area (Å²) in [6, 6.07) is 24.3. The fourth-order valence-corrected chi connectivity index (χ4v) is 4.51. The Morgan fingerprint density at radius 2 is 1.24 bits per heavy atom. The van der Waals surface area contributed by atoms with Crippen molar-refractivity contribution in [2.24, 2.45) is 17.3 Å². The lowest BCUT2D eigenvalue weighted by atomic mass is 9.72. The van der Waals surface area contributed by atoms with Crippen molar-refractivity contribution < 1.29 is 24.2 Å². The van der Waals surface area contributed by atoms with E-state index in [1.807, 2.05) is 75.4 Å². The molecule has 0 aliphatic carbocycles. The molecule has 0 fully saturated rings. The first-order valence-corrected chi connectivity index (χ1v) is 12.6. The first kappa shape index (κ1) is 28.0. The van der Waals surface area contributed by atoms with E-state index in [-0.39, 0.29) is 24.6 Å². The van der Waals surface area contributed by atoms with Crippen LogP contribution >= 0.6 is 0 Å². The molecule has 5 nitrogen and oxygen atoms in total. The van der Waals surface area contributed by atoms with Crippen molar-refractivity contribution in [3.05, 3.63) is 107 Å². The molecule has 5 heteroatoms. The van der Waals surface area contributed by atoms with E-state index in [2.05, 4.69) is 0 Å². The molecule has 0 aromatic heterocycles. The quantitative estimate of drug-likeness (QED) is 0.281. The fraction of sp³-hybridized carbons (Fsp3) is 0.344. The van der Waals surface area contributed by atoms with Crippen LogP contribution in [-0.4, -0.2) is 29.8 Å². The molecule has 0 amide bonds. The Morgan fingerprint density at radius 1 is 0.730 bits per heavy atom. The van der Waals surface area contributed by atoms with E-state index in [0.29, 0.717) is 18.4 Å². The Hall–Kier alpha value is -3.57. The molecule has 0 aliphatic heterocycles. The summed E-state index contributed by atoms with van der Waals surface area (Å²) in [5.74, 6) is -1.54. The van der Waals surface area contributed by atoms with Crippen LogP contribution in [0.15, 0.2) is 78.9 Å². The Bertz CT molecular complexity index is 1190. The summed E-state index contributed by atoms with van der Waals surface area (Å²) in [4.78, 5) is 39.1. The number of carbonyl (C=O) groups excluding carboxylic acids is 3. The number of carbonyl (C=O) groups is 3. The van der Waals surface area contributed by atoms with Gasteiger partial charge in [-0.05, 0) is 35.1 Å². The van der Waals surface area contributed by atoms with Crippen LogP contribution in [-0.2, 0) is 40.2 Å². The maximum absolute atomic E-state index is 13.5. The number of methoxy groups -OCH3 is 1. The number of hydrogen-bond donors (Lipinski definition) is 1. The highest BCUT2D eigenvalue weighted by atomic mass is 16.5. The zero-order chi connectivity index (χ0) is 27.0. The van der Waals surface area contributed by atoms with Crippen LogP contribution < -0.4 is 0 Å². The van der Waals surface area contributed by atoms with Gasteiger partial charge in [0.15, 0.2) is 5.78 Å². The molecule has 0 aliphatic rings. The highest BCUT2D eigenvalue weighted by molar-refractivity contribution is 5.97. The van der Waals surface area contributed by atoms with Crippen LogP contribution in [0.1, 0.15) is 53.4 Å². The molecule has 0 bridgehead atoms. The number of hydrogen-bond acceptors (Lipinski definition) is 5. The zero-order valence-electron chi connectivity index (χ0n) is 22.1. The molecule has 3 rings (SSSR count). The largest absolute Gasteiger partial charge is 0.469 e. The van der Waals surface area contributed by atoms with Gasteiger partial charge in [0, 0.05) is 23.3 Å². The van der Waals surface area contributed by atoms with Crippen LogP contribution in [0.25, 0.3) is 0 Å². The molecular weight excluding hydrogens is 464 g/mol. The maximum atomic E-state index is 13.5. The van der Waals surface area contributed by atoms with Gasteiger partial charge >= 0.3 is 5.97 Å². The molecule has 1 N–H and O–H groups in total. The van der Waals surface area contributed by atoms with E-state index in [9.17, 15) is 19.5 Å². The van der Waals surface area contributed by atoms with Crippen molar-refractivity contribution in [3.63, 3.8) is 0 Å². The molecule has 3 aromatic rings. The van der Waals surface area contributed by atoms with E-state index in [0.717, 1.165) is 22.3 Å². The van der Waals surface area contributed by atoms with Gasteiger partial charge in [0.25, 0.3) is 0 Å². The number of aliphatic hydroxyl groups is 1. The number of ether oxygens (including phenoxy) is 1. The van der Waals surface area contributed by atoms with Crippen molar-refractivity contribution in [3.8, 4) is 0 Å². The minimum absolute atomic E-state index is 0.0108. The SMILES string of the molecule is COC(=O)[C@H](Cc1ccc(CC(=O)c2ccc(CO)cc2)cc1)C(Cc1ccccc1)C(=O)C(C)(C)C. The van der Waals surface area contributed by atoms with Crippen LogP contribution in [0.3, 0.4) is 0 Å². The van der Waals surface area contributed by atoms with Gasteiger partial charge in [0.05, 0.1) is 19.6 Å². The molecule has 0 heterocycles. The Balaban J connectivity index is 1.80. The predicted octanol–water partition coefficient (Wildman–Crippen LogP) is 5.41. The average molecular weight is 501 g/mol. The molecule has 0 spiro atoms. The number of aliphatic hydroxyl groups excluding tert-OH is 1. The van der Waals surface area contributed by atoms with Gasteiger partial charge < -0.3 is 9.84 Å². The second-order valence-corrected chi connectivity index (χ2v) is 10.5. The standard InChI is InChI=1S/C32H36O5/c1-32(2,3)30(35)27(18-22-8-6-5-7-9-22)28(31(36)37-4)19-23-10-12-24(13-11-23)20-29(34)26-16-14-25(21-33)15-17-26/h5-17,27-28,33H,18-21H2,1-4H3/t27?,28-/m1/s1. The van der Waals surface area contributed by atoms with E-state index in [1.165, 1.54) is 7.11 Å². The highest BCUT2D eigenvalue weighted by Gasteiger charge is 2.39. The minimum atomic E-state index is -0.630. The lowest BCUT2D eigenvalue weighted by Crippen LogP contribution is -2.39. The molecule has 0 saturated heterocycles. The number of Topliss-reactive ketones (excluding diaryl/α,β-unsaturated/α-hetero) is 2. The van der Waals surface area contributed by atoms with Crippen molar-refractivity contribution in [2.75, 3.05) is 7.11 Å². The average Bonchev–Trinajstić information content (AvgIpc) is 2.90. The summed E-state index contributed by atoms with van der Waals surface area (Å²) < 4.78 is 5.16. The van der Waals surface area contributed by atoms with E-state index in [1.54, 1.807) is 24.3 Å². The third-order valence-corrected chi connectivity index (χ3v) is 6.67. The van der Waals surface area contributed by atoms with Gasteiger partial charge in [-0.2, -0.15) is 0 Å². The molecule has 0 radical (unpaired) electrons. The zero-order valence-corrected chi connectivity index (χ0v) is 22.1. The van der Waals surface area contributed by atoms with Crippen molar-refractivity contribution in [1.82, 2.24) is 0 Å². The summed E-state index contributed by atoms with van der Waals surface area (Å²) in [5, 5.41) is 9.19. The monoisotopic (exact) mass is 500 g/mol. The molecule has 3 aromatic carbocycles. The number of benzene rings is 3. The lowest BCUT2D eigenvalue weighted by Gasteiger charge is -2.30. The molecule has 194 valence electrons. The Morgan fingerprint density at radius 3 is 1.78 bits per heavy atom. The van der Waals surface area contributed by atoms with Gasteiger partial charge in [-0.3, -0.25) is 14.4 Å². The topological polar surface area (TPSA) is 80.7 Å². The second kappa shape index (κ2) is 12.6. The van der Waals surface area contributed by atoms with Crippen molar-refractivity contribution in [1.29, 1.82) is 0 Å². The van der Waals surface area contributed by atoms with Crippen LogP contribution in [0, 0.1) is 17.3 Å². The van der Waals surface area contributed by atoms with Gasteiger partial charge in [-0.25, -0.2) is 0 Å². The first-order chi connectivity index (χ1) is 17.6. The third kappa shape index (κ3) is 7.70. The molecule has 2 atom stereocenters. The predicted molar refractivity (Wildman–Crippen MR) is 144 cm³/mol. The minimum Gasteiger partial charge on any atom is -0.469 e. The van der Waals surface area contributed by atoms with Gasteiger partial charge in [0.2, 0.25) is 0 Å². The third-order valence-electron chi connectivity index (χ3n) is 6.67. The van der Waals surface area contributed by atoms with Crippen molar-refractivity contribution >= 4 is 17.5 Å². The molecule has 0 saturated carbocycles. The maximum Gasteiger partial charge on any atom is 0.309 e. The summed E-state index contributed by atoms with van der Waals surface area (Å²) in [7, 11) is 1.36. The summed E-state index contributed by atoms with van der Waals surface area (Å²) in [5.41, 5.74) is 3.51. The fourth-order valence-electron chi connectivity index (χ4n) is 4.51. The molecular formula is C32H36O5. The summed E-state index contributed by atoms with van der Waals surface area (Å²) >= 11 is 0. The second-order valence-electron chi connectivity index (χ2n) is 10.5. The smallest absolute Gasteiger partial charge is 0.309 e. The lowest BCUT2D eigenvalue weighted by molar-refractivity contribution is -0.151. The van der Waals surface area contributed by atoms with Crippen molar-refractivity contribution in [2.45, 2.75) is 46.6 Å². The summed E-state index contributed by atoms with van der Waals surface area (Å²) in [6.45, 7) is 5.58. The Labute approximate surface area is 219 Å². The number of esters is 1. The summed E-state index contributed by atoms with van der Waals surface area (Å²) in [6.07, 6.45) is 1.07. The van der Waals surface area contributed by atoms with E-state index >= 15 is 0 Å². The normalized spacial score (nSPS) is 13.0. The van der Waals surface area contributed by atoms with E-state index < -0.39 is 23.2 Å².